The van der Waals surface area contributed by atoms with Crippen molar-refractivity contribution in [2.24, 2.45) is 11.8 Å². The number of nitrogens with one attached hydrogen (secondary N) is 1. The van der Waals surface area contributed by atoms with Gasteiger partial charge in [-0.3, -0.25) is 0 Å². The van der Waals surface area contributed by atoms with E-state index in [1.807, 2.05) is 0 Å². The molecule has 0 bridgehead atoms. The highest BCUT2D eigenvalue weighted by molar-refractivity contribution is 4.88. The summed E-state index contributed by atoms with van der Waals surface area (Å²) in [6.07, 6.45) is 14.8. The van der Waals surface area contributed by atoms with Gasteiger partial charge in [-0.05, 0) is 63.5 Å². The van der Waals surface area contributed by atoms with Gasteiger partial charge >= 0.3 is 0 Å². The van der Waals surface area contributed by atoms with Crippen LogP contribution in [-0.4, -0.2) is 47.8 Å². The minimum atomic E-state index is 0.372. The van der Waals surface area contributed by atoms with Gasteiger partial charge in [0, 0.05) is 24.7 Å². The normalized spacial score (nSPS) is 38.3. The summed E-state index contributed by atoms with van der Waals surface area (Å²) in [6.45, 7) is 5.37. The lowest BCUT2D eigenvalue weighted by Gasteiger charge is -2.42. The lowest BCUT2D eigenvalue weighted by molar-refractivity contribution is 0.0919. The van der Waals surface area contributed by atoms with Crippen LogP contribution in [0.1, 0.15) is 77.6 Å². The molecule has 0 radical (unpaired) electrons. The molecule has 2 N–H and O–H groups in total. The molecule has 1 aliphatic heterocycles. The first-order valence-electron chi connectivity index (χ1n) is 10.4. The Hall–Kier alpha value is -0.120. The summed E-state index contributed by atoms with van der Waals surface area (Å²) in [4.78, 5) is 2.78. The lowest BCUT2D eigenvalue weighted by Crippen LogP contribution is -2.51. The van der Waals surface area contributed by atoms with Gasteiger partial charge in [-0.15, -0.1) is 0 Å². The summed E-state index contributed by atoms with van der Waals surface area (Å²) in [6, 6.07) is 2.11. The lowest BCUT2D eigenvalue weighted by atomic mass is 9.85. The molecule has 4 atom stereocenters. The monoisotopic (exact) mass is 322 g/mol. The maximum absolute atomic E-state index is 9.70. The van der Waals surface area contributed by atoms with Crippen molar-refractivity contribution in [3.8, 4) is 0 Å². The fourth-order valence-electron chi connectivity index (χ4n) is 5.29. The second-order valence-electron chi connectivity index (χ2n) is 8.59. The number of hydrogen-bond acceptors (Lipinski definition) is 3. The van der Waals surface area contributed by atoms with Gasteiger partial charge in [0.1, 0.15) is 0 Å². The van der Waals surface area contributed by atoms with Crippen LogP contribution in [0.4, 0.5) is 0 Å². The van der Waals surface area contributed by atoms with Crippen LogP contribution in [0.15, 0.2) is 0 Å². The Morgan fingerprint density at radius 3 is 2.43 bits per heavy atom. The molecule has 2 saturated carbocycles. The molecule has 134 valence electrons. The molecular formula is C20H38N2O. The molecule has 3 heteroatoms. The van der Waals surface area contributed by atoms with Gasteiger partial charge in [-0.25, -0.2) is 0 Å². The van der Waals surface area contributed by atoms with Gasteiger partial charge in [-0.2, -0.15) is 0 Å². The van der Waals surface area contributed by atoms with E-state index in [4.69, 9.17) is 0 Å². The molecule has 4 unspecified atom stereocenters. The first-order valence-corrected chi connectivity index (χ1v) is 10.4. The Labute approximate surface area is 143 Å². The van der Waals surface area contributed by atoms with E-state index in [0.717, 1.165) is 12.0 Å². The number of piperidine rings is 1. The summed E-state index contributed by atoms with van der Waals surface area (Å²) in [5.74, 6) is 1.43. The summed E-state index contributed by atoms with van der Waals surface area (Å²) >= 11 is 0. The number of hydrogen-bond donors (Lipinski definition) is 2. The molecule has 1 heterocycles. The van der Waals surface area contributed by atoms with Crippen molar-refractivity contribution < 1.29 is 5.11 Å². The maximum Gasteiger partial charge on any atom is 0.0474 e. The summed E-state index contributed by atoms with van der Waals surface area (Å²) in [7, 11) is 0. The van der Waals surface area contributed by atoms with E-state index in [2.05, 4.69) is 17.1 Å². The molecule has 0 aromatic carbocycles. The van der Waals surface area contributed by atoms with Gasteiger partial charge in [0.2, 0.25) is 0 Å². The molecule has 1 saturated heterocycles. The first kappa shape index (κ1) is 17.7. The van der Waals surface area contributed by atoms with Crippen LogP contribution in [0, 0.1) is 11.8 Å². The van der Waals surface area contributed by atoms with E-state index < -0.39 is 0 Å². The van der Waals surface area contributed by atoms with Gasteiger partial charge < -0.3 is 15.3 Å². The number of aliphatic hydroxyl groups excluding tert-OH is 1. The molecule has 0 spiro atoms. The van der Waals surface area contributed by atoms with E-state index >= 15 is 0 Å². The molecule has 23 heavy (non-hydrogen) atoms. The Morgan fingerprint density at radius 1 is 0.913 bits per heavy atom. The Kier molecular flexibility index (Phi) is 6.79. The van der Waals surface area contributed by atoms with Crippen molar-refractivity contribution in [1.29, 1.82) is 0 Å². The van der Waals surface area contributed by atoms with E-state index in [1.165, 1.54) is 83.7 Å². The van der Waals surface area contributed by atoms with Crippen LogP contribution in [0.5, 0.6) is 0 Å². The third-order valence-electron chi connectivity index (χ3n) is 6.80. The van der Waals surface area contributed by atoms with E-state index in [-0.39, 0.29) is 0 Å². The largest absolute Gasteiger partial charge is 0.396 e. The van der Waals surface area contributed by atoms with Crippen molar-refractivity contribution in [1.82, 2.24) is 10.2 Å². The fourth-order valence-corrected chi connectivity index (χ4v) is 5.29. The minimum Gasteiger partial charge on any atom is -0.396 e. The highest BCUT2D eigenvalue weighted by Crippen LogP contribution is 2.30. The smallest absolute Gasteiger partial charge is 0.0474 e. The molecule has 0 aromatic heterocycles. The van der Waals surface area contributed by atoms with Crippen LogP contribution in [0.25, 0.3) is 0 Å². The minimum absolute atomic E-state index is 0.372. The van der Waals surface area contributed by atoms with E-state index in [1.54, 1.807) is 0 Å². The zero-order valence-electron chi connectivity index (χ0n) is 15.2. The van der Waals surface area contributed by atoms with Crippen LogP contribution in [0.2, 0.25) is 0 Å². The number of aliphatic hydroxyl groups is 1. The third-order valence-corrected chi connectivity index (χ3v) is 6.80. The van der Waals surface area contributed by atoms with E-state index in [0.29, 0.717) is 24.6 Å². The van der Waals surface area contributed by atoms with Gasteiger partial charge in [-0.1, -0.05) is 39.0 Å². The number of nitrogens with zero attached hydrogens (tertiary/aromatic N) is 1. The molecular weight excluding hydrogens is 284 g/mol. The molecule has 0 amide bonds. The van der Waals surface area contributed by atoms with Crippen LogP contribution < -0.4 is 5.32 Å². The zero-order valence-corrected chi connectivity index (χ0v) is 15.2. The topological polar surface area (TPSA) is 35.5 Å². The average Bonchev–Trinajstić information content (AvgIpc) is 2.80. The van der Waals surface area contributed by atoms with Crippen molar-refractivity contribution in [2.45, 2.75) is 95.7 Å². The second kappa shape index (κ2) is 8.82. The average molecular weight is 323 g/mol. The van der Waals surface area contributed by atoms with Crippen LogP contribution in [-0.2, 0) is 0 Å². The van der Waals surface area contributed by atoms with Crippen molar-refractivity contribution in [3.63, 3.8) is 0 Å². The molecule has 3 rings (SSSR count). The highest BCUT2D eigenvalue weighted by atomic mass is 16.3. The Morgan fingerprint density at radius 2 is 1.70 bits per heavy atom. The van der Waals surface area contributed by atoms with Crippen molar-refractivity contribution in [3.05, 3.63) is 0 Å². The SMILES string of the molecule is CC1CCCC(N2CCC(NC3CCCCCC3CO)CC2)C1. The molecule has 3 aliphatic rings. The summed E-state index contributed by atoms with van der Waals surface area (Å²) in [5.41, 5.74) is 0. The third kappa shape index (κ3) is 4.93. The predicted octanol–water partition coefficient (Wildman–Crippen LogP) is 3.56. The van der Waals surface area contributed by atoms with Crippen LogP contribution >= 0.6 is 0 Å². The zero-order chi connectivity index (χ0) is 16.1. The van der Waals surface area contributed by atoms with Gasteiger partial charge in [0.25, 0.3) is 0 Å². The summed E-state index contributed by atoms with van der Waals surface area (Å²) in [5, 5.41) is 13.6. The molecule has 3 nitrogen and oxygen atoms in total. The van der Waals surface area contributed by atoms with Crippen molar-refractivity contribution >= 4 is 0 Å². The summed E-state index contributed by atoms with van der Waals surface area (Å²) < 4.78 is 0. The highest BCUT2D eigenvalue weighted by Gasteiger charge is 2.30. The molecule has 2 aliphatic carbocycles. The maximum atomic E-state index is 9.70. The first-order chi connectivity index (χ1) is 11.3. The second-order valence-corrected chi connectivity index (χ2v) is 8.59. The van der Waals surface area contributed by atoms with Gasteiger partial charge in [0.05, 0.1) is 0 Å². The van der Waals surface area contributed by atoms with Crippen LogP contribution in [0.3, 0.4) is 0 Å². The Bertz CT molecular complexity index is 341. The molecule has 3 fully saturated rings. The fraction of sp³-hybridized carbons (Fsp3) is 1.00. The number of rotatable bonds is 4. The number of likely N-dealkylation sites (tertiary alicyclic amines) is 1. The van der Waals surface area contributed by atoms with Crippen molar-refractivity contribution in [2.75, 3.05) is 19.7 Å². The quantitative estimate of drug-likeness (QED) is 0.777. The van der Waals surface area contributed by atoms with Gasteiger partial charge in [0.15, 0.2) is 0 Å². The molecule has 0 aromatic rings. The predicted molar refractivity (Wildman–Crippen MR) is 96.6 cm³/mol. The Balaban J connectivity index is 1.44. The standard InChI is InChI=1S/C20H38N2O/c1-16-6-5-8-19(14-16)22-12-10-18(11-13-22)21-20-9-4-2-3-7-17(20)15-23/h16-21,23H,2-15H2,1H3. The van der Waals surface area contributed by atoms with E-state index in [9.17, 15) is 5.11 Å².